The quantitative estimate of drug-likeness (QED) is 0.379. The van der Waals surface area contributed by atoms with Crippen molar-refractivity contribution in [2.45, 2.75) is 37.1 Å². The van der Waals surface area contributed by atoms with Crippen LogP contribution in [0.3, 0.4) is 0 Å². The number of amides is 2. The summed E-state index contributed by atoms with van der Waals surface area (Å²) in [6.07, 6.45) is 5.86. The van der Waals surface area contributed by atoms with Gasteiger partial charge in [-0.3, -0.25) is 10.7 Å². The number of carbonyl (C=O) groups is 1. The van der Waals surface area contributed by atoms with Gasteiger partial charge in [0.05, 0.1) is 5.38 Å². The molecule has 2 unspecified atom stereocenters. The smallest absolute Gasteiger partial charge is 0.321 e. The third kappa shape index (κ3) is 4.30. The lowest BCUT2D eigenvalue weighted by Gasteiger charge is -2.27. The van der Waals surface area contributed by atoms with Gasteiger partial charge in [-0.2, -0.15) is 0 Å². The normalized spacial score (nSPS) is 25.7. The fraction of sp³-hybridized carbons (Fsp3) is 0.778. The largest absolute Gasteiger partial charge is 0.334 e. The number of hydrogen-bond donors (Lipinski definition) is 3. The van der Waals surface area contributed by atoms with Crippen LogP contribution in [0.4, 0.5) is 4.79 Å². The minimum absolute atomic E-state index is 0.0213. The number of nitrogens with one attached hydrogen (secondary N) is 3. The van der Waals surface area contributed by atoms with Gasteiger partial charge < -0.3 is 5.32 Å². The maximum Gasteiger partial charge on any atom is 0.321 e. The fourth-order valence-corrected chi connectivity index (χ4v) is 2.14. The number of hydrogen-bond acceptors (Lipinski definition) is 3. The van der Waals surface area contributed by atoms with Crippen LogP contribution in [-0.2, 0) is 0 Å². The van der Waals surface area contributed by atoms with E-state index in [0.717, 1.165) is 25.7 Å². The van der Waals surface area contributed by atoms with E-state index in [1.54, 1.807) is 6.26 Å². The van der Waals surface area contributed by atoms with Crippen molar-refractivity contribution in [3.8, 4) is 0 Å². The summed E-state index contributed by atoms with van der Waals surface area (Å²) in [6, 6.07) is -0.290. The van der Waals surface area contributed by atoms with E-state index in [4.69, 9.17) is 17.0 Å². The van der Waals surface area contributed by atoms with Gasteiger partial charge in [-0.15, -0.1) is 11.6 Å². The maximum atomic E-state index is 11.4. The second kappa shape index (κ2) is 6.23. The lowest BCUT2D eigenvalue weighted by molar-refractivity contribution is 0.237. The lowest BCUT2D eigenvalue weighted by atomic mass is 9.95. The first-order valence-electron chi connectivity index (χ1n) is 4.97. The Labute approximate surface area is 99.0 Å². The first-order valence-corrected chi connectivity index (χ1v) is 6.63. The average Bonchev–Trinajstić information content (AvgIpc) is 2.21. The molecule has 0 saturated heterocycles. The fourth-order valence-electron chi connectivity index (χ4n) is 1.61. The molecule has 1 aliphatic carbocycles. The predicted octanol–water partition coefficient (Wildman–Crippen LogP) is 2.13. The molecular weight excluding hydrogens is 234 g/mol. The van der Waals surface area contributed by atoms with Crippen molar-refractivity contribution in [2.24, 2.45) is 0 Å². The van der Waals surface area contributed by atoms with Gasteiger partial charge in [0.25, 0.3) is 0 Å². The summed E-state index contributed by atoms with van der Waals surface area (Å²) in [5.74, 6) is 0. The van der Waals surface area contributed by atoms with E-state index in [9.17, 15) is 4.79 Å². The second-order valence-corrected chi connectivity index (χ2v) is 4.92. The van der Waals surface area contributed by atoms with Crippen molar-refractivity contribution in [3.63, 3.8) is 0 Å². The predicted molar refractivity (Wildman–Crippen MR) is 64.8 cm³/mol. The molecular formula is C9H16ClN3OS. The Morgan fingerprint density at radius 2 is 2.13 bits per heavy atom. The SMILES string of the molecule is CSC(=N)NC(=O)NC1CCCCC1Cl. The Morgan fingerprint density at radius 1 is 1.47 bits per heavy atom. The zero-order valence-electron chi connectivity index (χ0n) is 8.68. The molecule has 3 N–H and O–H groups in total. The molecule has 86 valence electrons. The molecule has 0 spiro atoms. The molecule has 1 aliphatic rings. The van der Waals surface area contributed by atoms with E-state index < -0.39 is 0 Å². The summed E-state index contributed by atoms with van der Waals surface area (Å²) in [4.78, 5) is 11.4. The monoisotopic (exact) mass is 249 g/mol. The van der Waals surface area contributed by atoms with Gasteiger partial charge in [-0.05, 0) is 19.1 Å². The summed E-state index contributed by atoms with van der Waals surface area (Å²) >= 11 is 7.29. The van der Waals surface area contributed by atoms with E-state index in [-0.39, 0.29) is 22.6 Å². The number of carbonyl (C=O) groups excluding carboxylic acids is 1. The number of thioether (sulfide) groups is 1. The van der Waals surface area contributed by atoms with E-state index in [0.29, 0.717) is 0 Å². The van der Waals surface area contributed by atoms with Crippen molar-refractivity contribution >= 4 is 34.6 Å². The highest BCUT2D eigenvalue weighted by Gasteiger charge is 2.24. The van der Waals surface area contributed by atoms with Crippen molar-refractivity contribution in [2.75, 3.05) is 6.26 Å². The highest BCUT2D eigenvalue weighted by molar-refractivity contribution is 8.13. The molecule has 1 fully saturated rings. The third-order valence-electron chi connectivity index (χ3n) is 2.43. The molecule has 6 heteroatoms. The van der Waals surface area contributed by atoms with Crippen molar-refractivity contribution in [1.82, 2.24) is 10.6 Å². The first-order chi connectivity index (χ1) is 7.13. The minimum atomic E-state index is -0.327. The van der Waals surface area contributed by atoms with E-state index >= 15 is 0 Å². The minimum Gasteiger partial charge on any atom is -0.334 e. The molecule has 4 nitrogen and oxygen atoms in total. The van der Waals surface area contributed by atoms with E-state index in [2.05, 4.69) is 10.6 Å². The van der Waals surface area contributed by atoms with Gasteiger partial charge >= 0.3 is 6.03 Å². The molecule has 0 radical (unpaired) electrons. The Hall–Kier alpha value is -0.420. The molecule has 1 saturated carbocycles. The number of halogens is 1. The van der Waals surface area contributed by atoms with Gasteiger partial charge in [-0.1, -0.05) is 24.6 Å². The lowest BCUT2D eigenvalue weighted by Crippen LogP contribution is -2.48. The topological polar surface area (TPSA) is 65.0 Å². The summed E-state index contributed by atoms with van der Waals surface area (Å²) < 4.78 is 0. The summed E-state index contributed by atoms with van der Waals surface area (Å²) in [5, 5.41) is 12.7. The van der Waals surface area contributed by atoms with Gasteiger partial charge in [0, 0.05) is 6.04 Å². The van der Waals surface area contributed by atoms with Crippen LogP contribution in [0.1, 0.15) is 25.7 Å². The van der Waals surface area contributed by atoms with Crippen molar-refractivity contribution in [3.05, 3.63) is 0 Å². The van der Waals surface area contributed by atoms with Crippen molar-refractivity contribution in [1.29, 1.82) is 5.41 Å². The Kier molecular flexibility index (Phi) is 5.25. The average molecular weight is 250 g/mol. The van der Waals surface area contributed by atoms with Crippen LogP contribution in [0.2, 0.25) is 0 Å². The molecule has 2 atom stereocenters. The molecule has 0 bridgehead atoms. The van der Waals surface area contributed by atoms with Crippen LogP contribution in [0, 0.1) is 5.41 Å². The van der Waals surface area contributed by atoms with Gasteiger partial charge in [-0.25, -0.2) is 4.79 Å². The molecule has 2 amide bonds. The number of urea groups is 1. The van der Waals surface area contributed by atoms with Gasteiger partial charge in [0.2, 0.25) is 0 Å². The standard InChI is InChI=1S/C9H16ClN3OS/c1-15-8(11)13-9(14)12-7-5-3-2-4-6(7)10/h6-7H,2-5H2,1H3,(H3,11,12,13,14). The summed E-state index contributed by atoms with van der Waals surface area (Å²) in [7, 11) is 0. The van der Waals surface area contributed by atoms with Crippen LogP contribution >= 0.6 is 23.4 Å². The molecule has 0 aromatic carbocycles. The van der Waals surface area contributed by atoms with Crippen molar-refractivity contribution < 1.29 is 4.79 Å². The zero-order valence-corrected chi connectivity index (χ0v) is 10.3. The third-order valence-corrected chi connectivity index (χ3v) is 3.46. The van der Waals surface area contributed by atoms with Gasteiger partial charge in [0.1, 0.15) is 0 Å². The molecule has 0 aliphatic heterocycles. The molecule has 0 heterocycles. The Morgan fingerprint density at radius 3 is 2.73 bits per heavy atom. The Bertz CT molecular complexity index is 250. The second-order valence-electron chi connectivity index (χ2n) is 3.54. The highest BCUT2D eigenvalue weighted by atomic mass is 35.5. The van der Waals surface area contributed by atoms with Crippen LogP contribution in [0.25, 0.3) is 0 Å². The van der Waals surface area contributed by atoms with E-state index in [1.165, 1.54) is 11.8 Å². The van der Waals surface area contributed by atoms with Crippen LogP contribution in [-0.4, -0.2) is 28.9 Å². The van der Waals surface area contributed by atoms with Crippen LogP contribution in [0.15, 0.2) is 0 Å². The molecule has 1 rings (SSSR count). The molecule has 0 aromatic heterocycles. The molecule has 15 heavy (non-hydrogen) atoms. The number of amidine groups is 1. The number of alkyl halides is 1. The summed E-state index contributed by atoms with van der Waals surface area (Å²) in [6.45, 7) is 0. The highest BCUT2D eigenvalue weighted by Crippen LogP contribution is 2.22. The summed E-state index contributed by atoms with van der Waals surface area (Å²) in [5.41, 5.74) is 0. The first kappa shape index (κ1) is 12.6. The zero-order chi connectivity index (χ0) is 11.3. The van der Waals surface area contributed by atoms with E-state index in [1.807, 2.05) is 0 Å². The Balaban J connectivity index is 2.33. The molecule has 0 aromatic rings. The maximum absolute atomic E-state index is 11.4. The van der Waals surface area contributed by atoms with Crippen LogP contribution < -0.4 is 10.6 Å². The number of rotatable bonds is 1. The van der Waals surface area contributed by atoms with Gasteiger partial charge in [0.15, 0.2) is 5.17 Å². The van der Waals surface area contributed by atoms with Crippen LogP contribution in [0.5, 0.6) is 0 Å².